The lowest BCUT2D eigenvalue weighted by Crippen LogP contribution is -2.35. The van der Waals surface area contributed by atoms with Gasteiger partial charge in [-0.3, -0.25) is 10.3 Å². The van der Waals surface area contributed by atoms with Crippen LogP contribution in [0.15, 0.2) is 35.0 Å². The first-order valence-corrected chi connectivity index (χ1v) is 7.79. The molecule has 112 valence electrons. The molecule has 3 nitrogen and oxygen atoms in total. The molecular weight excluding hydrogens is 260 g/mol. The van der Waals surface area contributed by atoms with Gasteiger partial charge in [0.05, 0.1) is 5.92 Å². The highest BCUT2D eigenvalue weighted by Crippen LogP contribution is 2.41. The van der Waals surface area contributed by atoms with Gasteiger partial charge in [-0.15, -0.1) is 0 Å². The van der Waals surface area contributed by atoms with Crippen molar-refractivity contribution in [2.75, 3.05) is 6.54 Å². The van der Waals surface area contributed by atoms with Crippen LogP contribution in [-0.4, -0.2) is 24.5 Å². The lowest BCUT2D eigenvalue weighted by atomic mass is 9.96. The maximum Gasteiger partial charge on any atom is 0.113 e. The van der Waals surface area contributed by atoms with Crippen LogP contribution in [0.2, 0.25) is 0 Å². The molecule has 2 unspecified atom stereocenters. The summed E-state index contributed by atoms with van der Waals surface area (Å²) in [5, 5.41) is 3.56. The first-order chi connectivity index (χ1) is 10.0. The van der Waals surface area contributed by atoms with E-state index in [4.69, 9.17) is 9.73 Å². The van der Waals surface area contributed by atoms with Crippen molar-refractivity contribution in [3.63, 3.8) is 0 Å². The Balaban J connectivity index is 1.95. The Bertz CT molecular complexity index is 569. The van der Waals surface area contributed by atoms with Crippen molar-refractivity contribution < 1.29 is 4.74 Å². The number of benzene rings is 1. The topological polar surface area (TPSA) is 33.6 Å². The van der Waals surface area contributed by atoms with Crippen LogP contribution in [0.1, 0.15) is 50.7 Å². The monoisotopic (exact) mass is 284 g/mol. The minimum absolute atomic E-state index is 0.0738. The standard InChI is InChI=1S/C18H24N2O/c1-18(2,3)21-15-12-13-8-4-5-9-14(13)16(15)17-19-10-6-7-11-20-17/h4-5,8-10,12,16-17,20H,6-7,11H2,1-3H3. The first kappa shape index (κ1) is 14.3. The zero-order valence-electron chi connectivity index (χ0n) is 13.1. The van der Waals surface area contributed by atoms with Crippen LogP contribution in [0.5, 0.6) is 0 Å². The zero-order chi connectivity index (χ0) is 14.9. The molecule has 0 bridgehead atoms. The van der Waals surface area contributed by atoms with Gasteiger partial charge in [0.1, 0.15) is 17.5 Å². The van der Waals surface area contributed by atoms with Gasteiger partial charge in [0, 0.05) is 6.21 Å². The van der Waals surface area contributed by atoms with Crippen molar-refractivity contribution in [3.8, 4) is 0 Å². The van der Waals surface area contributed by atoms with E-state index in [1.54, 1.807) is 0 Å². The summed E-state index contributed by atoms with van der Waals surface area (Å²) >= 11 is 0. The summed E-state index contributed by atoms with van der Waals surface area (Å²) < 4.78 is 6.24. The number of fused-ring (bicyclic) bond motifs is 1. The summed E-state index contributed by atoms with van der Waals surface area (Å²) in [4.78, 5) is 4.73. The van der Waals surface area contributed by atoms with Crippen LogP contribution in [0.3, 0.4) is 0 Å². The highest BCUT2D eigenvalue weighted by Gasteiger charge is 2.35. The number of hydrogen-bond donors (Lipinski definition) is 1. The van der Waals surface area contributed by atoms with Crippen LogP contribution in [-0.2, 0) is 4.74 Å². The zero-order valence-corrected chi connectivity index (χ0v) is 13.1. The number of nitrogens with one attached hydrogen (secondary N) is 1. The predicted molar refractivity (Wildman–Crippen MR) is 87.5 cm³/mol. The van der Waals surface area contributed by atoms with Gasteiger partial charge >= 0.3 is 0 Å². The van der Waals surface area contributed by atoms with Gasteiger partial charge in [-0.05, 0) is 57.4 Å². The van der Waals surface area contributed by atoms with E-state index in [9.17, 15) is 0 Å². The van der Waals surface area contributed by atoms with Gasteiger partial charge in [0.2, 0.25) is 0 Å². The van der Waals surface area contributed by atoms with Crippen LogP contribution in [0.25, 0.3) is 6.08 Å². The maximum absolute atomic E-state index is 6.24. The van der Waals surface area contributed by atoms with E-state index in [-0.39, 0.29) is 17.7 Å². The molecular formula is C18H24N2O. The van der Waals surface area contributed by atoms with E-state index in [0.717, 1.165) is 25.1 Å². The molecule has 3 rings (SSSR count). The van der Waals surface area contributed by atoms with Gasteiger partial charge < -0.3 is 4.74 Å². The number of hydrogen-bond acceptors (Lipinski definition) is 3. The molecule has 1 aliphatic carbocycles. The number of aliphatic imine (C=N–C) groups is 1. The van der Waals surface area contributed by atoms with E-state index < -0.39 is 0 Å². The molecule has 0 radical (unpaired) electrons. The molecule has 0 fully saturated rings. The van der Waals surface area contributed by atoms with Crippen molar-refractivity contribution in [2.45, 2.75) is 51.3 Å². The summed E-state index contributed by atoms with van der Waals surface area (Å²) in [6.45, 7) is 7.29. The highest BCUT2D eigenvalue weighted by atomic mass is 16.5. The lowest BCUT2D eigenvalue weighted by molar-refractivity contribution is 0.0422. The van der Waals surface area contributed by atoms with Crippen LogP contribution >= 0.6 is 0 Å². The van der Waals surface area contributed by atoms with Crippen molar-refractivity contribution in [3.05, 3.63) is 41.2 Å². The Labute approximate surface area is 127 Å². The molecule has 0 amide bonds. The Morgan fingerprint density at radius 1 is 1.24 bits per heavy atom. The van der Waals surface area contributed by atoms with Crippen molar-refractivity contribution in [2.24, 2.45) is 4.99 Å². The van der Waals surface area contributed by atoms with E-state index >= 15 is 0 Å². The van der Waals surface area contributed by atoms with Gasteiger partial charge in [-0.25, -0.2) is 0 Å². The average molecular weight is 284 g/mol. The smallest absolute Gasteiger partial charge is 0.113 e. The minimum atomic E-state index is -0.194. The van der Waals surface area contributed by atoms with E-state index in [1.807, 2.05) is 0 Å². The van der Waals surface area contributed by atoms with Gasteiger partial charge in [-0.1, -0.05) is 24.3 Å². The first-order valence-electron chi connectivity index (χ1n) is 7.79. The molecule has 2 atom stereocenters. The number of nitrogens with zero attached hydrogens (tertiary/aromatic N) is 1. The summed E-state index contributed by atoms with van der Waals surface area (Å²) in [5.41, 5.74) is 2.37. The molecule has 21 heavy (non-hydrogen) atoms. The summed E-state index contributed by atoms with van der Waals surface area (Å²) in [7, 11) is 0. The molecule has 3 heteroatoms. The fourth-order valence-corrected chi connectivity index (χ4v) is 2.98. The van der Waals surface area contributed by atoms with Crippen LogP contribution in [0, 0.1) is 0 Å². The molecule has 1 N–H and O–H groups in total. The van der Waals surface area contributed by atoms with Gasteiger partial charge in [0.15, 0.2) is 0 Å². The summed E-state index contributed by atoms with van der Waals surface area (Å²) in [6.07, 6.45) is 6.50. The van der Waals surface area contributed by atoms with Gasteiger partial charge in [0.25, 0.3) is 0 Å². The maximum atomic E-state index is 6.24. The molecule has 1 aromatic carbocycles. The van der Waals surface area contributed by atoms with E-state index in [2.05, 4.69) is 62.6 Å². The third kappa shape index (κ3) is 3.18. The molecule has 1 aliphatic heterocycles. The van der Waals surface area contributed by atoms with Gasteiger partial charge in [-0.2, -0.15) is 0 Å². The molecule has 0 saturated heterocycles. The Morgan fingerprint density at radius 3 is 2.86 bits per heavy atom. The minimum Gasteiger partial charge on any atom is -0.492 e. The van der Waals surface area contributed by atoms with Crippen molar-refractivity contribution in [1.82, 2.24) is 5.32 Å². The third-order valence-electron chi connectivity index (χ3n) is 3.80. The van der Waals surface area contributed by atoms with Crippen molar-refractivity contribution >= 4 is 12.3 Å². The second-order valence-corrected chi connectivity index (χ2v) is 6.74. The lowest BCUT2D eigenvalue weighted by Gasteiger charge is -2.29. The Morgan fingerprint density at radius 2 is 2.05 bits per heavy atom. The largest absolute Gasteiger partial charge is 0.492 e. The summed E-state index contributed by atoms with van der Waals surface area (Å²) in [6, 6.07) is 8.52. The summed E-state index contributed by atoms with van der Waals surface area (Å²) in [5.74, 6) is 1.20. The second kappa shape index (κ2) is 5.64. The van der Waals surface area contributed by atoms with E-state index in [1.165, 1.54) is 11.1 Å². The Hall–Kier alpha value is -1.61. The normalized spacial score (nSPS) is 25.2. The van der Waals surface area contributed by atoms with Crippen molar-refractivity contribution in [1.29, 1.82) is 0 Å². The molecule has 0 spiro atoms. The molecule has 0 aromatic heterocycles. The predicted octanol–water partition coefficient (Wildman–Crippen LogP) is 3.72. The third-order valence-corrected chi connectivity index (χ3v) is 3.80. The SMILES string of the molecule is CC(C)(C)OC1=Cc2ccccc2C1C1N=CCCCN1. The fourth-order valence-electron chi connectivity index (χ4n) is 2.98. The average Bonchev–Trinajstić information content (AvgIpc) is 2.60. The highest BCUT2D eigenvalue weighted by molar-refractivity contribution is 5.66. The number of ether oxygens (including phenoxy) is 1. The molecule has 2 aliphatic rings. The van der Waals surface area contributed by atoms with Crippen LogP contribution in [0.4, 0.5) is 0 Å². The quantitative estimate of drug-likeness (QED) is 0.898. The van der Waals surface area contributed by atoms with Crippen LogP contribution < -0.4 is 5.32 Å². The molecule has 1 heterocycles. The molecule has 1 aromatic rings. The number of rotatable bonds is 2. The fraction of sp³-hybridized carbons (Fsp3) is 0.500. The second-order valence-electron chi connectivity index (χ2n) is 6.74. The Kier molecular flexibility index (Phi) is 3.85. The van der Waals surface area contributed by atoms with E-state index in [0.29, 0.717) is 0 Å². The molecule has 0 saturated carbocycles.